The van der Waals surface area contributed by atoms with Crippen molar-refractivity contribution in [1.82, 2.24) is 24.7 Å². The predicted octanol–water partition coefficient (Wildman–Crippen LogP) is 2.70. The summed E-state index contributed by atoms with van der Waals surface area (Å²) in [4.78, 5) is 22.1. The minimum absolute atomic E-state index is 0.0296. The van der Waals surface area contributed by atoms with Crippen LogP contribution in [0.3, 0.4) is 0 Å². The molecule has 0 radical (unpaired) electrons. The quantitative estimate of drug-likeness (QED) is 0.661. The molecule has 0 saturated carbocycles. The molecular formula is C23H35N5O. The molecule has 1 amide bonds. The van der Waals surface area contributed by atoms with Gasteiger partial charge in [-0.1, -0.05) is 13.0 Å². The first-order valence-corrected chi connectivity index (χ1v) is 10.9. The Hall–Kier alpha value is -2.18. The summed E-state index contributed by atoms with van der Waals surface area (Å²) in [5.74, 6) is 0.0296. The van der Waals surface area contributed by atoms with Crippen LogP contribution in [0.2, 0.25) is 0 Å². The molecule has 1 saturated heterocycles. The molecule has 3 rings (SSSR count). The summed E-state index contributed by atoms with van der Waals surface area (Å²) in [6.45, 7) is 14.7. The van der Waals surface area contributed by atoms with Gasteiger partial charge in [0.25, 0.3) is 5.91 Å². The zero-order chi connectivity index (χ0) is 20.6. The number of carbonyl (C=O) groups excluding carboxylic acids is 1. The van der Waals surface area contributed by atoms with Crippen LogP contribution >= 0.6 is 0 Å². The SMILES string of the molecule is CCN1CCN(CCCCNC(=O)c2cc(C)n(Cc3ccccn3)c2C)CC1. The number of pyridine rings is 1. The topological polar surface area (TPSA) is 53.4 Å². The molecule has 0 spiro atoms. The first-order valence-electron chi connectivity index (χ1n) is 10.9. The fourth-order valence-electron chi connectivity index (χ4n) is 4.01. The maximum absolute atomic E-state index is 12.7. The normalized spacial score (nSPS) is 15.6. The summed E-state index contributed by atoms with van der Waals surface area (Å²) in [6, 6.07) is 7.91. The molecule has 0 bridgehead atoms. The van der Waals surface area contributed by atoms with Gasteiger partial charge in [0.2, 0.25) is 0 Å². The van der Waals surface area contributed by atoms with E-state index in [0.29, 0.717) is 6.54 Å². The molecule has 1 fully saturated rings. The van der Waals surface area contributed by atoms with E-state index in [-0.39, 0.29) is 5.91 Å². The Bertz CT molecular complexity index is 778. The van der Waals surface area contributed by atoms with Gasteiger partial charge < -0.3 is 19.7 Å². The number of hydrogen-bond acceptors (Lipinski definition) is 4. The molecule has 1 N–H and O–H groups in total. The highest BCUT2D eigenvalue weighted by atomic mass is 16.1. The smallest absolute Gasteiger partial charge is 0.253 e. The van der Waals surface area contributed by atoms with Gasteiger partial charge in [-0.2, -0.15) is 0 Å². The average Bonchev–Trinajstić information content (AvgIpc) is 3.03. The van der Waals surface area contributed by atoms with Crippen LogP contribution in [-0.2, 0) is 6.54 Å². The summed E-state index contributed by atoms with van der Waals surface area (Å²) in [6.07, 6.45) is 3.96. The predicted molar refractivity (Wildman–Crippen MR) is 117 cm³/mol. The Balaban J connectivity index is 1.42. The van der Waals surface area contributed by atoms with Crippen LogP contribution in [0, 0.1) is 13.8 Å². The van der Waals surface area contributed by atoms with Crippen molar-refractivity contribution in [3.63, 3.8) is 0 Å². The molecule has 2 aromatic rings. The van der Waals surface area contributed by atoms with E-state index >= 15 is 0 Å². The van der Waals surface area contributed by atoms with E-state index in [1.54, 1.807) is 6.20 Å². The van der Waals surface area contributed by atoms with E-state index in [9.17, 15) is 4.79 Å². The summed E-state index contributed by atoms with van der Waals surface area (Å²) < 4.78 is 2.16. The van der Waals surface area contributed by atoms with Crippen molar-refractivity contribution in [2.75, 3.05) is 45.8 Å². The lowest BCUT2D eigenvalue weighted by Gasteiger charge is -2.33. The highest BCUT2D eigenvalue weighted by Gasteiger charge is 2.17. The molecular weight excluding hydrogens is 362 g/mol. The number of nitrogens with zero attached hydrogens (tertiary/aromatic N) is 4. The zero-order valence-corrected chi connectivity index (χ0v) is 18.2. The van der Waals surface area contributed by atoms with Crippen molar-refractivity contribution in [1.29, 1.82) is 0 Å². The van der Waals surface area contributed by atoms with E-state index in [2.05, 4.69) is 31.6 Å². The number of rotatable bonds is 9. The summed E-state index contributed by atoms with van der Waals surface area (Å²) in [5.41, 5.74) is 3.86. The van der Waals surface area contributed by atoms with Crippen LogP contribution < -0.4 is 5.32 Å². The second-order valence-corrected chi connectivity index (χ2v) is 7.93. The third-order valence-electron chi connectivity index (χ3n) is 5.96. The fraction of sp³-hybridized carbons (Fsp3) is 0.565. The second-order valence-electron chi connectivity index (χ2n) is 7.93. The third kappa shape index (κ3) is 5.90. The van der Waals surface area contributed by atoms with E-state index in [0.717, 1.165) is 55.1 Å². The fourth-order valence-corrected chi connectivity index (χ4v) is 4.01. The average molecular weight is 398 g/mol. The molecule has 158 valence electrons. The van der Waals surface area contributed by atoms with Crippen LogP contribution in [0.25, 0.3) is 0 Å². The van der Waals surface area contributed by atoms with E-state index in [4.69, 9.17) is 0 Å². The second kappa shape index (κ2) is 10.6. The Kier molecular flexibility index (Phi) is 7.83. The highest BCUT2D eigenvalue weighted by molar-refractivity contribution is 5.95. The molecule has 0 unspecified atom stereocenters. The number of aryl methyl sites for hydroxylation is 1. The van der Waals surface area contributed by atoms with Gasteiger partial charge in [-0.15, -0.1) is 0 Å². The van der Waals surface area contributed by atoms with Crippen LogP contribution in [0.15, 0.2) is 30.5 Å². The van der Waals surface area contributed by atoms with Crippen LogP contribution in [0.5, 0.6) is 0 Å². The lowest BCUT2D eigenvalue weighted by atomic mass is 10.2. The largest absolute Gasteiger partial charge is 0.352 e. The first kappa shape index (κ1) is 21.5. The maximum Gasteiger partial charge on any atom is 0.253 e. The van der Waals surface area contributed by atoms with Gasteiger partial charge in [0.1, 0.15) is 0 Å². The molecule has 29 heavy (non-hydrogen) atoms. The van der Waals surface area contributed by atoms with Crippen molar-refractivity contribution in [2.24, 2.45) is 0 Å². The van der Waals surface area contributed by atoms with Gasteiger partial charge in [-0.25, -0.2) is 0 Å². The van der Waals surface area contributed by atoms with E-state index < -0.39 is 0 Å². The van der Waals surface area contributed by atoms with Crippen LogP contribution in [-0.4, -0.2) is 71.1 Å². The van der Waals surface area contributed by atoms with Gasteiger partial charge in [-0.05, 0) is 58.0 Å². The Morgan fingerprint density at radius 2 is 1.86 bits per heavy atom. The van der Waals surface area contributed by atoms with Gasteiger partial charge >= 0.3 is 0 Å². The molecule has 6 heteroatoms. The molecule has 1 aliphatic heterocycles. The molecule has 0 atom stereocenters. The highest BCUT2D eigenvalue weighted by Crippen LogP contribution is 2.16. The van der Waals surface area contributed by atoms with Gasteiger partial charge in [-0.3, -0.25) is 9.78 Å². The van der Waals surface area contributed by atoms with E-state index in [1.165, 1.54) is 26.2 Å². The molecule has 1 aliphatic rings. The Labute approximate surface area is 174 Å². The first-order chi connectivity index (χ1) is 14.1. The number of aromatic nitrogens is 2. The molecule has 2 aromatic heterocycles. The lowest BCUT2D eigenvalue weighted by Crippen LogP contribution is -2.46. The number of nitrogens with one attached hydrogen (secondary N) is 1. The summed E-state index contributed by atoms with van der Waals surface area (Å²) in [7, 11) is 0. The van der Waals surface area contributed by atoms with Crippen molar-refractivity contribution in [3.05, 3.63) is 53.1 Å². The third-order valence-corrected chi connectivity index (χ3v) is 5.96. The minimum atomic E-state index is 0.0296. The van der Waals surface area contributed by atoms with Crippen LogP contribution in [0.1, 0.15) is 47.2 Å². The number of carbonyl (C=O) groups is 1. The van der Waals surface area contributed by atoms with Crippen molar-refractivity contribution >= 4 is 5.91 Å². The Morgan fingerprint density at radius 1 is 1.10 bits per heavy atom. The van der Waals surface area contributed by atoms with Gasteiger partial charge in [0, 0.05) is 50.3 Å². The molecule has 3 heterocycles. The number of amides is 1. The van der Waals surface area contributed by atoms with Crippen molar-refractivity contribution in [3.8, 4) is 0 Å². The van der Waals surface area contributed by atoms with Crippen molar-refractivity contribution < 1.29 is 4.79 Å². The van der Waals surface area contributed by atoms with Crippen LogP contribution in [0.4, 0.5) is 0 Å². The number of piperazine rings is 1. The summed E-state index contributed by atoms with van der Waals surface area (Å²) >= 11 is 0. The molecule has 0 aromatic carbocycles. The van der Waals surface area contributed by atoms with Crippen molar-refractivity contribution in [2.45, 2.75) is 40.2 Å². The minimum Gasteiger partial charge on any atom is -0.352 e. The number of likely N-dealkylation sites (N-methyl/N-ethyl adjacent to an activating group) is 1. The zero-order valence-electron chi connectivity index (χ0n) is 18.2. The standard InChI is InChI=1S/C23H35N5O/c1-4-26-13-15-27(16-14-26)12-8-7-11-25-23(29)22-17-19(2)28(20(22)3)18-21-9-5-6-10-24-21/h5-6,9-10,17H,4,7-8,11-16,18H2,1-3H3,(H,25,29). The summed E-state index contributed by atoms with van der Waals surface area (Å²) in [5, 5.41) is 3.10. The molecule has 6 nitrogen and oxygen atoms in total. The molecule has 0 aliphatic carbocycles. The Morgan fingerprint density at radius 3 is 2.55 bits per heavy atom. The lowest BCUT2D eigenvalue weighted by molar-refractivity contribution is 0.0951. The maximum atomic E-state index is 12.7. The number of hydrogen-bond donors (Lipinski definition) is 1. The number of unbranched alkanes of at least 4 members (excludes halogenated alkanes) is 1. The van der Waals surface area contributed by atoms with E-state index in [1.807, 2.05) is 38.1 Å². The monoisotopic (exact) mass is 397 g/mol. The van der Waals surface area contributed by atoms with Gasteiger partial charge in [0.15, 0.2) is 0 Å². The van der Waals surface area contributed by atoms with Gasteiger partial charge in [0.05, 0.1) is 17.8 Å².